The van der Waals surface area contributed by atoms with Gasteiger partial charge in [-0.25, -0.2) is 0 Å². The molecule has 0 bridgehead atoms. The van der Waals surface area contributed by atoms with Crippen molar-refractivity contribution in [2.45, 2.75) is 32.8 Å². The Labute approximate surface area is 74.1 Å². The van der Waals surface area contributed by atoms with Gasteiger partial charge in [0.1, 0.15) is 0 Å². The van der Waals surface area contributed by atoms with E-state index < -0.39 is 0 Å². The summed E-state index contributed by atoms with van der Waals surface area (Å²) in [5, 5.41) is 9.44. The molecule has 12 heavy (non-hydrogen) atoms. The molecule has 1 heteroatoms. The highest BCUT2D eigenvalue weighted by molar-refractivity contribution is 5.25. The molecule has 1 aromatic carbocycles. The molecule has 1 N–H and O–H groups in total. The normalized spacial score (nSPS) is 12.9. The molecule has 0 spiro atoms. The Hall–Kier alpha value is -0.820. The molecule has 1 nitrogen and oxygen atoms in total. The van der Waals surface area contributed by atoms with Crippen LogP contribution >= 0.6 is 0 Å². The average molecular weight is 164 g/mol. The molecular weight excluding hydrogens is 148 g/mol. The van der Waals surface area contributed by atoms with Crippen molar-refractivity contribution in [3.8, 4) is 0 Å². The highest BCUT2D eigenvalue weighted by Gasteiger charge is 2.03. The fraction of sp³-hybridized carbons (Fsp3) is 0.455. The molecule has 0 radical (unpaired) electrons. The molecule has 0 aliphatic rings. The van der Waals surface area contributed by atoms with E-state index in [-0.39, 0.29) is 6.10 Å². The van der Waals surface area contributed by atoms with E-state index in [1.54, 1.807) is 0 Å². The first-order chi connectivity index (χ1) is 5.74. The van der Waals surface area contributed by atoms with Gasteiger partial charge < -0.3 is 5.11 Å². The predicted octanol–water partition coefficient (Wildman–Crippen LogP) is 2.31. The van der Waals surface area contributed by atoms with Crippen LogP contribution in [0.5, 0.6) is 0 Å². The van der Waals surface area contributed by atoms with Crippen molar-refractivity contribution in [3.05, 3.63) is 35.4 Å². The fourth-order valence-corrected chi connectivity index (χ4v) is 1.24. The summed E-state index contributed by atoms with van der Waals surface area (Å²) >= 11 is 0. The van der Waals surface area contributed by atoms with Crippen molar-refractivity contribution in [1.82, 2.24) is 0 Å². The molecule has 0 amide bonds. The molecule has 0 aromatic heterocycles. The lowest BCUT2D eigenvalue weighted by Gasteiger charge is -2.09. The van der Waals surface area contributed by atoms with Crippen molar-refractivity contribution in [2.24, 2.45) is 0 Å². The lowest BCUT2D eigenvalue weighted by Crippen LogP contribution is -2.09. The minimum Gasteiger partial charge on any atom is -0.393 e. The van der Waals surface area contributed by atoms with Crippen LogP contribution in [0.25, 0.3) is 0 Å². The summed E-state index contributed by atoms with van der Waals surface area (Å²) in [6, 6.07) is 8.20. The number of aliphatic hydroxyl groups excluding tert-OH is 1. The first-order valence-electron chi connectivity index (χ1n) is 4.46. The minimum atomic E-state index is -0.189. The third-order valence-corrected chi connectivity index (χ3v) is 2.19. The van der Waals surface area contributed by atoms with Crippen LogP contribution in [0, 0.1) is 6.92 Å². The topological polar surface area (TPSA) is 20.2 Å². The number of rotatable bonds is 3. The largest absolute Gasteiger partial charge is 0.393 e. The Kier molecular flexibility index (Phi) is 3.30. The summed E-state index contributed by atoms with van der Waals surface area (Å²) in [5.74, 6) is 0. The molecule has 1 atom stereocenters. The summed E-state index contributed by atoms with van der Waals surface area (Å²) in [6.45, 7) is 4.08. The Morgan fingerprint density at radius 3 is 2.58 bits per heavy atom. The molecule has 0 heterocycles. The first kappa shape index (κ1) is 9.27. The summed E-state index contributed by atoms with van der Waals surface area (Å²) in [7, 11) is 0. The molecule has 0 saturated heterocycles. The predicted molar refractivity (Wildman–Crippen MR) is 51.2 cm³/mol. The van der Waals surface area contributed by atoms with Crippen LogP contribution in [0.2, 0.25) is 0 Å². The van der Waals surface area contributed by atoms with Gasteiger partial charge in [-0.15, -0.1) is 0 Å². The zero-order chi connectivity index (χ0) is 8.97. The van der Waals surface area contributed by atoms with Gasteiger partial charge >= 0.3 is 0 Å². The van der Waals surface area contributed by atoms with E-state index >= 15 is 0 Å². The lowest BCUT2D eigenvalue weighted by molar-refractivity contribution is 0.170. The summed E-state index contributed by atoms with van der Waals surface area (Å²) in [4.78, 5) is 0. The van der Waals surface area contributed by atoms with Gasteiger partial charge in [0.15, 0.2) is 0 Å². The highest BCUT2D eigenvalue weighted by atomic mass is 16.3. The van der Waals surface area contributed by atoms with Crippen molar-refractivity contribution in [1.29, 1.82) is 0 Å². The van der Waals surface area contributed by atoms with Gasteiger partial charge in [-0.3, -0.25) is 0 Å². The fourth-order valence-electron chi connectivity index (χ4n) is 1.24. The van der Waals surface area contributed by atoms with Crippen LogP contribution in [0.4, 0.5) is 0 Å². The lowest BCUT2D eigenvalue weighted by atomic mass is 10.0. The van der Waals surface area contributed by atoms with Gasteiger partial charge in [0.2, 0.25) is 0 Å². The van der Waals surface area contributed by atoms with Crippen LogP contribution in [0.1, 0.15) is 24.5 Å². The van der Waals surface area contributed by atoms with Crippen LogP contribution in [-0.2, 0) is 6.42 Å². The highest BCUT2D eigenvalue weighted by Crippen LogP contribution is 2.10. The number of benzene rings is 1. The number of hydrogen-bond donors (Lipinski definition) is 1. The smallest absolute Gasteiger partial charge is 0.0578 e. The average Bonchev–Trinajstić information content (AvgIpc) is 2.09. The second kappa shape index (κ2) is 4.27. The van der Waals surface area contributed by atoms with E-state index in [1.807, 2.05) is 19.1 Å². The number of hydrogen-bond acceptors (Lipinski definition) is 1. The van der Waals surface area contributed by atoms with Gasteiger partial charge in [-0.1, -0.05) is 31.2 Å². The first-order valence-corrected chi connectivity index (χ1v) is 4.46. The summed E-state index contributed by atoms with van der Waals surface area (Å²) in [5.41, 5.74) is 2.52. The maximum atomic E-state index is 9.44. The second-order valence-corrected chi connectivity index (χ2v) is 3.19. The molecule has 1 unspecified atom stereocenters. The SMILES string of the molecule is CCC(O)Cc1ccccc1C. The maximum Gasteiger partial charge on any atom is 0.0578 e. The molecule has 0 aliphatic carbocycles. The van der Waals surface area contributed by atoms with Gasteiger partial charge in [0.05, 0.1) is 6.10 Å². The van der Waals surface area contributed by atoms with Crippen molar-refractivity contribution in [2.75, 3.05) is 0 Å². The van der Waals surface area contributed by atoms with Gasteiger partial charge in [0, 0.05) is 0 Å². The van der Waals surface area contributed by atoms with E-state index in [1.165, 1.54) is 11.1 Å². The van der Waals surface area contributed by atoms with E-state index in [2.05, 4.69) is 19.1 Å². The number of aryl methyl sites for hydroxylation is 1. The van der Waals surface area contributed by atoms with Crippen LogP contribution in [0.3, 0.4) is 0 Å². The van der Waals surface area contributed by atoms with E-state index in [9.17, 15) is 5.11 Å². The Morgan fingerprint density at radius 1 is 1.33 bits per heavy atom. The third kappa shape index (κ3) is 2.35. The van der Waals surface area contributed by atoms with Crippen LogP contribution in [0.15, 0.2) is 24.3 Å². The zero-order valence-electron chi connectivity index (χ0n) is 7.75. The quantitative estimate of drug-likeness (QED) is 0.726. The second-order valence-electron chi connectivity index (χ2n) is 3.19. The van der Waals surface area contributed by atoms with Gasteiger partial charge in [0.25, 0.3) is 0 Å². The summed E-state index contributed by atoms with van der Waals surface area (Å²) < 4.78 is 0. The Morgan fingerprint density at radius 2 is 2.00 bits per heavy atom. The Bertz CT molecular complexity index is 243. The minimum absolute atomic E-state index is 0.189. The van der Waals surface area contributed by atoms with E-state index in [0.29, 0.717) is 0 Å². The van der Waals surface area contributed by atoms with Gasteiger partial charge in [-0.05, 0) is 30.9 Å². The molecular formula is C11H16O. The zero-order valence-corrected chi connectivity index (χ0v) is 7.75. The molecule has 66 valence electrons. The van der Waals surface area contributed by atoms with E-state index in [0.717, 1.165) is 12.8 Å². The van der Waals surface area contributed by atoms with Gasteiger partial charge in [-0.2, -0.15) is 0 Å². The van der Waals surface area contributed by atoms with Crippen molar-refractivity contribution >= 4 is 0 Å². The van der Waals surface area contributed by atoms with Crippen molar-refractivity contribution < 1.29 is 5.11 Å². The standard InChI is InChI=1S/C11H16O/c1-3-11(12)8-10-7-5-4-6-9(10)2/h4-7,11-12H,3,8H2,1-2H3. The summed E-state index contributed by atoms with van der Waals surface area (Å²) in [6.07, 6.45) is 1.42. The van der Waals surface area contributed by atoms with Crippen LogP contribution < -0.4 is 0 Å². The molecule has 1 aromatic rings. The molecule has 0 aliphatic heterocycles. The molecule has 1 rings (SSSR count). The maximum absolute atomic E-state index is 9.44. The van der Waals surface area contributed by atoms with Crippen molar-refractivity contribution in [3.63, 3.8) is 0 Å². The number of aliphatic hydroxyl groups is 1. The van der Waals surface area contributed by atoms with Crippen LogP contribution in [-0.4, -0.2) is 11.2 Å². The monoisotopic (exact) mass is 164 g/mol. The third-order valence-electron chi connectivity index (χ3n) is 2.19. The molecule has 0 fully saturated rings. The van der Waals surface area contributed by atoms with E-state index in [4.69, 9.17) is 0 Å². The molecule has 0 saturated carbocycles. The Balaban J connectivity index is 2.69.